The highest BCUT2D eigenvalue weighted by molar-refractivity contribution is 6.18. The van der Waals surface area contributed by atoms with Crippen LogP contribution in [-0.2, 0) is 18.2 Å². The number of rotatable bonds is 9. The topological polar surface area (TPSA) is 92.0 Å². The van der Waals surface area contributed by atoms with Crippen molar-refractivity contribution < 1.29 is 32.1 Å². The maximum atomic E-state index is 17.9. The molecule has 1 N–H and O–H groups in total. The quantitative estimate of drug-likeness (QED) is 0.163. The number of aromatic nitrogens is 4. The van der Waals surface area contributed by atoms with Gasteiger partial charge in [-0.3, -0.25) is 9.58 Å². The number of alkyl halides is 2. The second-order valence-electron chi connectivity index (χ2n) is 16.6. The lowest BCUT2D eigenvalue weighted by atomic mass is 9.73. The van der Waals surface area contributed by atoms with E-state index in [1.165, 1.54) is 12.1 Å². The Balaban J connectivity index is 1.25. The maximum absolute atomic E-state index is 17.9. The third-order valence-corrected chi connectivity index (χ3v) is 12.6. The first-order chi connectivity index (χ1) is 26.4. The minimum Gasteiger partial charge on any atom is -0.508 e. The molecule has 0 radical (unpaired) electrons. The molecule has 4 atom stereocenters. The second-order valence-corrected chi connectivity index (χ2v) is 16.6. The van der Waals surface area contributed by atoms with Gasteiger partial charge in [-0.2, -0.15) is 15.1 Å². The minimum absolute atomic E-state index is 0.00813. The molecular weight excluding hydrogens is 714 g/mol. The summed E-state index contributed by atoms with van der Waals surface area (Å²) in [5.74, 6) is -1.09. The van der Waals surface area contributed by atoms with E-state index in [1.54, 1.807) is 23.9 Å². The zero-order valence-electron chi connectivity index (χ0n) is 31.7. The second kappa shape index (κ2) is 13.7. The number of likely N-dealkylation sites (tertiary alicyclic amines) is 2. The van der Waals surface area contributed by atoms with E-state index in [0.717, 1.165) is 45.7 Å². The average Bonchev–Trinajstić information content (AvgIpc) is 3.63. The number of anilines is 1. The van der Waals surface area contributed by atoms with Gasteiger partial charge in [-0.25, -0.2) is 17.6 Å². The van der Waals surface area contributed by atoms with Crippen LogP contribution in [0, 0.1) is 28.9 Å². The first kappa shape index (κ1) is 36.4. The van der Waals surface area contributed by atoms with Crippen molar-refractivity contribution in [2.24, 2.45) is 24.3 Å². The minimum atomic E-state index is -2.53. The molecule has 10 nitrogen and oxygen atoms in total. The van der Waals surface area contributed by atoms with Crippen molar-refractivity contribution in [3.05, 3.63) is 47.7 Å². The van der Waals surface area contributed by atoms with E-state index in [-0.39, 0.29) is 41.5 Å². The number of phenolic OH excluding ortho intramolecular Hbond substituents is 1. The molecule has 0 spiro atoms. The number of piperidine rings is 1. The van der Waals surface area contributed by atoms with Crippen molar-refractivity contribution in [3.63, 3.8) is 0 Å². The summed E-state index contributed by atoms with van der Waals surface area (Å²) in [7, 11) is 3.67. The number of fused-ring (bicyclic) bond motifs is 6. The summed E-state index contributed by atoms with van der Waals surface area (Å²) in [5.41, 5.74) is 0.181. The molecule has 4 saturated heterocycles. The Labute approximate surface area is 317 Å². The van der Waals surface area contributed by atoms with Gasteiger partial charge in [0.05, 0.1) is 25.2 Å². The molecule has 0 amide bonds. The summed E-state index contributed by atoms with van der Waals surface area (Å²) in [6.45, 7) is 8.65. The molecule has 3 aromatic carbocycles. The van der Waals surface area contributed by atoms with Gasteiger partial charge < -0.3 is 24.4 Å². The van der Waals surface area contributed by atoms with E-state index in [4.69, 9.17) is 24.5 Å². The maximum Gasteiger partial charge on any atom is 0.319 e. The summed E-state index contributed by atoms with van der Waals surface area (Å²) >= 11 is 0. The molecule has 55 heavy (non-hydrogen) atoms. The molecule has 9 rings (SSSR count). The van der Waals surface area contributed by atoms with Gasteiger partial charge in [-0.05, 0) is 79.4 Å². The van der Waals surface area contributed by atoms with E-state index < -0.39 is 29.4 Å². The number of ether oxygens (including phenoxy) is 2. The highest BCUT2D eigenvalue weighted by Crippen LogP contribution is 2.47. The number of benzene rings is 3. The molecule has 6 heterocycles. The van der Waals surface area contributed by atoms with Gasteiger partial charge in [-0.15, -0.1) is 0 Å². The highest BCUT2D eigenvalue weighted by atomic mass is 19.3. The van der Waals surface area contributed by atoms with Gasteiger partial charge in [-0.1, -0.05) is 19.9 Å². The Hall–Kier alpha value is -4.27. The molecule has 2 bridgehead atoms. The van der Waals surface area contributed by atoms with E-state index in [0.29, 0.717) is 75.9 Å². The van der Waals surface area contributed by atoms with Crippen LogP contribution >= 0.6 is 0 Å². The van der Waals surface area contributed by atoms with Crippen molar-refractivity contribution >= 4 is 38.4 Å². The summed E-state index contributed by atoms with van der Waals surface area (Å²) in [6.07, 6.45) is 1.82. The zero-order chi connectivity index (χ0) is 38.3. The van der Waals surface area contributed by atoms with Gasteiger partial charge in [0.15, 0.2) is 5.82 Å². The van der Waals surface area contributed by atoms with Crippen molar-refractivity contribution in [1.29, 1.82) is 0 Å². The van der Waals surface area contributed by atoms with Crippen LogP contribution in [0.1, 0.15) is 38.7 Å². The van der Waals surface area contributed by atoms with Gasteiger partial charge in [0.1, 0.15) is 28.4 Å². The van der Waals surface area contributed by atoms with Crippen LogP contribution in [0.15, 0.2) is 30.5 Å². The lowest BCUT2D eigenvalue weighted by Crippen LogP contribution is -2.56. The monoisotopic (exact) mass is 761 g/mol. The molecule has 2 aromatic heterocycles. The van der Waals surface area contributed by atoms with E-state index >= 15 is 8.78 Å². The van der Waals surface area contributed by atoms with E-state index in [2.05, 4.69) is 9.80 Å². The van der Waals surface area contributed by atoms with Crippen LogP contribution in [0.3, 0.4) is 0 Å². The highest BCUT2D eigenvalue weighted by Gasteiger charge is 2.46. The number of nitrogens with zero attached hydrogens (tertiary/aromatic N) is 7. The van der Waals surface area contributed by atoms with Crippen LogP contribution in [-0.4, -0.2) is 113 Å². The number of aryl methyl sites for hydroxylation is 2. The van der Waals surface area contributed by atoms with Crippen LogP contribution in [0.4, 0.5) is 23.4 Å². The summed E-state index contributed by atoms with van der Waals surface area (Å²) in [5, 5.41) is 17.8. The smallest absolute Gasteiger partial charge is 0.319 e. The molecule has 4 aliphatic heterocycles. The fraction of sp³-hybridized carbons (Fsp3) is 0.537. The van der Waals surface area contributed by atoms with Crippen LogP contribution in [0.5, 0.6) is 11.8 Å². The first-order valence-electron chi connectivity index (χ1n) is 19.4. The molecule has 0 unspecified atom stereocenters. The standard InChI is InChI=1S/C41H47F4N7O3/c1-5-27-31(42)9-6-23-12-26(53)13-28(32(23)27)33-35(43)37-34(29-17-50(4)48-36(29)33)39(52-24-7-8-25(52)16-51(15-24)14-22-18-54-19-22)47-40(46-37)55-21-41(2)20-49(3)11-10-30(41)38(44)45/h6,9,12-13,17,22,24-25,30,38,53H,5,7-8,10-11,14-16,18-21H2,1-4H3/t24-,25+,30-,41+/m0/s1. The van der Waals surface area contributed by atoms with Crippen molar-refractivity contribution in [2.45, 2.75) is 58.0 Å². The third-order valence-electron chi connectivity index (χ3n) is 12.6. The van der Waals surface area contributed by atoms with E-state index in [9.17, 15) is 13.9 Å². The Morgan fingerprint density at radius 2 is 1.78 bits per heavy atom. The molecule has 4 fully saturated rings. The number of halogens is 4. The molecule has 5 aromatic rings. The van der Waals surface area contributed by atoms with Crippen LogP contribution < -0.4 is 9.64 Å². The van der Waals surface area contributed by atoms with Gasteiger partial charge in [0, 0.05) is 79.7 Å². The largest absolute Gasteiger partial charge is 0.508 e. The molecule has 0 aliphatic carbocycles. The molecular formula is C41H47F4N7O3. The van der Waals surface area contributed by atoms with Crippen molar-refractivity contribution in [2.75, 3.05) is 64.5 Å². The van der Waals surface area contributed by atoms with Crippen molar-refractivity contribution in [1.82, 2.24) is 29.5 Å². The molecule has 4 aliphatic rings. The Morgan fingerprint density at radius 1 is 1.02 bits per heavy atom. The Morgan fingerprint density at radius 3 is 2.47 bits per heavy atom. The first-order valence-corrected chi connectivity index (χ1v) is 19.4. The lowest BCUT2D eigenvalue weighted by Gasteiger charge is -2.44. The summed E-state index contributed by atoms with van der Waals surface area (Å²) in [6, 6.07) is 6.04. The zero-order valence-corrected chi connectivity index (χ0v) is 31.7. The number of phenols is 1. The fourth-order valence-corrected chi connectivity index (χ4v) is 10.0. The SMILES string of the molecule is CCc1c(F)ccc2cc(O)cc(-c3c(F)c4nc(OC[C@@]5(C)CN(C)CC[C@H]5C(F)F)nc(N5[C@@H]6CC[C@H]5CN(CC5COC5)C6)c4c4cn(C)nc34)c12. The normalized spacial score (nSPS) is 25.2. The average molecular weight is 762 g/mol. The fourth-order valence-electron chi connectivity index (χ4n) is 10.0. The van der Waals surface area contributed by atoms with Crippen molar-refractivity contribution in [3.8, 4) is 22.9 Å². The Bertz CT molecular complexity index is 2290. The third kappa shape index (κ3) is 6.15. The van der Waals surface area contributed by atoms with Crippen LogP contribution in [0.25, 0.3) is 43.7 Å². The molecule has 0 saturated carbocycles. The summed E-state index contributed by atoms with van der Waals surface area (Å²) < 4.78 is 75.5. The number of hydrogen-bond donors (Lipinski definition) is 1. The summed E-state index contributed by atoms with van der Waals surface area (Å²) in [4.78, 5) is 16.6. The van der Waals surface area contributed by atoms with Crippen LogP contribution in [0.2, 0.25) is 0 Å². The Kier molecular flexibility index (Phi) is 9.08. The predicted octanol–water partition coefficient (Wildman–Crippen LogP) is 6.78. The van der Waals surface area contributed by atoms with Gasteiger partial charge >= 0.3 is 6.01 Å². The predicted molar refractivity (Wildman–Crippen MR) is 203 cm³/mol. The van der Waals surface area contributed by atoms with Gasteiger partial charge in [0.2, 0.25) is 6.43 Å². The number of hydrogen-bond acceptors (Lipinski definition) is 9. The lowest BCUT2D eigenvalue weighted by molar-refractivity contribution is -0.0679. The number of piperazine rings is 1. The van der Waals surface area contributed by atoms with Gasteiger partial charge in [0.25, 0.3) is 0 Å². The molecule has 14 heteroatoms. The molecule has 292 valence electrons. The number of aromatic hydroxyl groups is 1. The van der Waals surface area contributed by atoms with E-state index in [1.807, 2.05) is 32.0 Å².